The lowest BCUT2D eigenvalue weighted by atomic mass is 10.1. The van der Waals surface area contributed by atoms with E-state index in [0.717, 1.165) is 40.1 Å². The van der Waals surface area contributed by atoms with E-state index in [9.17, 15) is 18.0 Å². The molecule has 0 bridgehead atoms. The van der Waals surface area contributed by atoms with Gasteiger partial charge in [0.15, 0.2) is 0 Å². The Balaban J connectivity index is 1.10. The number of alkyl halides is 3. The van der Waals surface area contributed by atoms with E-state index in [1.807, 2.05) is 128 Å². The largest absolute Gasteiger partial charge is 0.493 e. The van der Waals surface area contributed by atoms with Crippen molar-refractivity contribution in [1.82, 2.24) is 0 Å². The van der Waals surface area contributed by atoms with Gasteiger partial charge in [-0.3, -0.25) is 4.79 Å². The quantitative estimate of drug-likeness (QED) is 0.0152. The minimum atomic E-state index is -5.20. The van der Waals surface area contributed by atoms with Gasteiger partial charge >= 0.3 is 6.18 Å². The molecule has 0 atom stereocenters. The highest BCUT2D eigenvalue weighted by Crippen LogP contribution is 2.38. The van der Waals surface area contributed by atoms with Gasteiger partial charge in [-0.2, -0.15) is 18.3 Å². The van der Waals surface area contributed by atoms with Gasteiger partial charge in [-0.25, -0.2) is 0 Å². The van der Waals surface area contributed by atoms with Crippen molar-refractivity contribution in [2.24, 2.45) is 10.2 Å². The number of hydrogen-bond donors (Lipinski definition) is 0. The third kappa shape index (κ3) is 31.4. The number of ketones is 1. The Morgan fingerprint density at radius 1 is 0.294 bits per heavy atom. The maximum Gasteiger partial charge on any atom is 0.454 e. The van der Waals surface area contributed by atoms with Gasteiger partial charge in [-0.05, 0) is 218 Å². The number of ether oxygens (including phenoxy) is 15. The molecule has 0 fully saturated rings. The predicted octanol–water partition coefficient (Wildman–Crippen LogP) is 23.6. The molecule has 0 saturated heterocycles. The van der Waals surface area contributed by atoms with Gasteiger partial charge < -0.3 is 76.0 Å². The minimum absolute atomic E-state index is 0.0388. The Morgan fingerprint density at radius 2 is 0.513 bits per heavy atom. The zero-order valence-electron chi connectivity index (χ0n) is 67.7. The number of benzene rings is 9. The first-order valence-electron chi connectivity index (χ1n) is 39.1. The van der Waals surface area contributed by atoms with Crippen LogP contribution in [0.25, 0.3) is 0 Å². The maximum absolute atomic E-state index is 14.2. The molecular formula is C97H104F3N3O16. The van der Waals surface area contributed by atoms with Crippen LogP contribution < -0.4 is 76.0 Å². The Morgan fingerprint density at radius 3 is 0.723 bits per heavy atom. The van der Waals surface area contributed by atoms with Crippen LogP contribution in [0.15, 0.2) is 281 Å². The highest BCUT2D eigenvalue weighted by Gasteiger charge is 2.39. The number of halogens is 3. The van der Waals surface area contributed by atoms with Crippen LogP contribution in [-0.2, 0) is 46.2 Å². The first kappa shape index (κ1) is 89.7. The van der Waals surface area contributed by atoms with Crippen molar-refractivity contribution in [2.45, 2.75) is 104 Å². The summed E-state index contributed by atoms with van der Waals surface area (Å²) in [5.41, 5.74) is 5.39. The summed E-state index contributed by atoms with van der Waals surface area (Å²) in [5, 5.41) is 8.80. The van der Waals surface area contributed by atoms with Gasteiger partial charge in [0.2, 0.25) is 0 Å². The predicted molar refractivity (Wildman–Crippen MR) is 460 cm³/mol. The Kier molecular flexibility index (Phi) is 36.4. The first-order chi connectivity index (χ1) is 57.9. The summed E-state index contributed by atoms with van der Waals surface area (Å²) < 4.78 is 138. The molecule has 0 aliphatic carbocycles. The van der Waals surface area contributed by atoms with Gasteiger partial charge in [0.25, 0.3) is 5.78 Å². The molecule has 19 nitrogen and oxygen atoms in total. The molecule has 0 amide bonds. The second-order valence-corrected chi connectivity index (χ2v) is 27.2. The number of Topliss-reactive ketones (excluding diaryl/α,β-unsaturated/α-hetero) is 1. The zero-order valence-corrected chi connectivity index (χ0v) is 67.7. The number of nitrogens with zero attached hydrogens (tertiary/aromatic N) is 3. The second kappa shape index (κ2) is 48.3. The number of carbonyl (C=O) groups is 1. The van der Waals surface area contributed by atoms with Crippen molar-refractivity contribution in [2.75, 3.05) is 71.9 Å². The van der Waals surface area contributed by atoms with Crippen molar-refractivity contribution in [3.63, 3.8) is 0 Å². The molecular weight excluding hydrogens is 1520 g/mol. The Labute approximate surface area is 696 Å². The molecule has 0 heterocycles. The smallest absolute Gasteiger partial charge is 0.454 e. The van der Waals surface area contributed by atoms with Crippen LogP contribution in [0.5, 0.6) is 86.2 Å². The third-order valence-electron chi connectivity index (χ3n) is 17.3. The van der Waals surface area contributed by atoms with E-state index >= 15 is 0 Å². The molecule has 0 radical (unpaired) electrons. The topological polar surface area (TPSA) is 183 Å². The molecule has 0 aliphatic rings. The van der Waals surface area contributed by atoms with Crippen molar-refractivity contribution >= 4 is 22.8 Å². The molecule has 0 unspecified atom stereocenters. The normalized spacial score (nSPS) is 10.9. The number of anilines is 1. The van der Waals surface area contributed by atoms with Gasteiger partial charge in [0.1, 0.15) is 138 Å². The molecule has 22 heteroatoms. The molecule has 0 N–H and O–H groups in total. The SMILES string of the molecule is C=CCCOc1cc(COc2cc(COc3cc(COc4cc(C(=O)C(F)(F)F)ccc4N=Nc4ccc(N(C)C)cc4)cc(OCc4cc(OCc5cc(OCCC=C)cc(OCCC=C)c5)cc(OCc5cc(OCCC=C)cc(OCCC=C)c5)c4)c3)cc(OCc3cc(OCCC=C)cc(OCCC=C)c3)c2)cc(OCCC=C)c1. The summed E-state index contributed by atoms with van der Waals surface area (Å²) in [6.45, 7) is 33.8. The molecule has 0 aliphatic heterocycles. The van der Waals surface area contributed by atoms with Crippen LogP contribution in [-0.4, -0.2) is 78.9 Å². The molecule has 0 aromatic heterocycles. The minimum Gasteiger partial charge on any atom is -0.493 e. The van der Waals surface area contributed by atoms with E-state index < -0.39 is 17.5 Å². The van der Waals surface area contributed by atoms with Gasteiger partial charge in [0, 0.05) is 67.8 Å². The molecule has 9 aromatic rings. The zero-order chi connectivity index (χ0) is 84.4. The number of carbonyl (C=O) groups excluding carboxylic acids is 1. The summed E-state index contributed by atoms with van der Waals surface area (Å²) in [6, 6.07) is 48.8. The molecule has 624 valence electrons. The Bertz CT molecular complexity index is 4310. The van der Waals surface area contributed by atoms with Crippen LogP contribution in [0.3, 0.4) is 0 Å². The maximum atomic E-state index is 14.2. The molecule has 119 heavy (non-hydrogen) atoms. The number of rotatable bonds is 57. The molecule has 0 saturated carbocycles. The second-order valence-electron chi connectivity index (χ2n) is 27.2. The lowest BCUT2D eigenvalue weighted by Gasteiger charge is -2.17. The van der Waals surface area contributed by atoms with Crippen LogP contribution >= 0.6 is 0 Å². The van der Waals surface area contributed by atoms with Crippen molar-refractivity contribution in [3.8, 4) is 86.2 Å². The van der Waals surface area contributed by atoms with E-state index in [1.54, 1.807) is 91.1 Å². The van der Waals surface area contributed by atoms with E-state index in [-0.39, 0.29) is 69.2 Å². The fraction of sp³-hybridized carbons (Fsp3) is 0.268. The van der Waals surface area contributed by atoms with Gasteiger partial charge in [-0.1, -0.05) is 48.6 Å². The lowest BCUT2D eigenvalue weighted by Crippen LogP contribution is -2.22. The molecule has 0 spiro atoms. The van der Waals surface area contributed by atoms with Crippen LogP contribution in [0.4, 0.5) is 30.2 Å². The highest BCUT2D eigenvalue weighted by molar-refractivity contribution is 6.01. The monoisotopic (exact) mass is 1620 g/mol. The lowest BCUT2D eigenvalue weighted by molar-refractivity contribution is -0.0885. The standard InChI is InChI=1S/C97H104F3N3O16/c1-11-19-33-105-80-41-70(42-81(56-80)106-34-20-12-2)63-113-88-49-74(50-89(60-88)114-64-71-43-82(107-35-21-13-3)57-83(44-71)108-36-22-14-4)67-117-92-53-76(69-119-95-55-77(96(104)97(98,99)100)27-32-94(95)102-101-78-28-30-79(31-29-78)103(9)10)54-93(62-92)118-68-75-51-90(115-65-72-45-84(109-37-23-15-5)58-85(46-72)110-38-24-16-6)61-91(52-75)116-66-73-47-86(111-39-25-17-7)59-87(48-73)112-40-26-18-8/h11-18,27-32,41-62H,1-8,19-26,33-40,63-69H2,9-10H3. The van der Waals surface area contributed by atoms with E-state index in [2.05, 4.69) is 62.9 Å². The van der Waals surface area contributed by atoms with Gasteiger partial charge in [-0.15, -0.1) is 57.7 Å². The van der Waals surface area contributed by atoms with Crippen LogP contribution in [0.2, 0.25) is 0 Å². The molecule has 9 aromatic carbocycles. The van der Waals surface area contributed by atoms with Crippen molar-refractivity contribution in [1.29, 1.82) is 0 Å². The van der Waals surface area contributed by atoms with Crippen molar-refractivity contribution < 1.29 is 89.0 Å². The summed E-state index contributed by atoms with van der Waals surface area (Å²) in [6.07, 6.45) is 14.1. The van der Waals surface area contributed by atoms with Crippen LogP contribution in [0.1, 0.15) is 101 Å². The van der Waals surface area contributed by atoms with E-state index in [0.29, 0.717) is 196 Å². The summed E-state index contributed by atoms with van der Waals surface area (Å²) in [7, 11) is 3.79. The average Bonchev–Trinajstić information content (AvgIpc) is 0.817. The van der Waals surface area contributed by atoms with E-state index in [1.165, 1.54) is 6.07 Å². The third-order valence-corrected chi connectivity index (χ3v) is 17.3. The molecule has 9 rings (SSSR count). The summed E-state index contributed by atoms with van der Waals surface area (Å²) in [4.78, 5) is 14.8. The average molecular weight is 1620 g/mol. The van der Waals surface area contributed by atoms with Crippen LogP contribution in [0, 0.1) is 0 Å². The number of hydrogen-bond acceptors (Lipinski definition) is 19. The van der Waals surface area contributed by atoms with E-state index in [4.69, 9.17) is 71.1 Å². The fourth-order valence-electron chi connectivity index (χ4n) is 11.4. The number of azo groups is 1. The first-order valence-corrected chi connectivity index (χ1v) is 39.1. The Hall–Kier alpha value is -13.2. The highest BCUT2D eigenvalue weighted by atomic mass is 19.4. The van der Waals surface area contributed by atoms with Gasteiger partial charge in [0.05, 0.1) is 58.5 Å². The summed E-state index contributed by atoms with van der Waals surface area (Å²) >= 11 is 0. The fourth-order valence-corrected chi connectivity index (χ4v) is 11.4. The van der Waals surface area contributed by atoms with Crippen molar-refractivity contribution in [3.05, 3.63) is 316 Å². The summed E-state index contributed by atoms with van der Waals surface area (Å²) in [5.74, 6) is 4.72.